The molecule has 0 bridgehead atoms. The van der Waals surface area contributed by atoms with E-state index in [1.54, 1.807) is 0 Å². The van der Waals surface area contributed by atoms with Crippen molar-refractivity contribution in [2.75, 3.05) is 0 Å². The Morgan fingerprint density at radius 3 is 2.93 bits per heavy atom. The van der Waals surface area contributed by atoms with Gasteiger partial charge in [-0.25, -0.2) is 4.68 Å². The zero-order valence-corrected chi connectivity index (χ0v) is 9.64. The van der Waals surface area contributed by atoms with Crippen LogP contribution in [0.3, 0.4) is 0 Å². The highest BCUT2D eigenvalue weighted by atomic mass is 15.6. The molecule has 15 heavy (non-hydrogen) atoms. The summed E-state index contributed by atoms with van der Waals surface area (Å²) in [5.41, 5.74) is 0. The summed E-state index contributed by atoms with van der Waals surface area (Å²) >= 11 is 0. The van der Waals surface area contributed by atoms with Crippen molar-refractivity contribution in [3.63, 3.8) is 0 Å². The van der Waals surface area contributed by atoms with Gasteiger partial charge in [-0.15, -0.1) is 5.10 Å². The Hall–Kier alpha value is -0.970. The number of rotatable bonds is 5. The second kappa shape index (κ2) is 4.26. The summed E-state index contributed by atoms with van der Waals surface area (Å²) in [6.45, 7) is 7.24. The summed E-state index contributed by atoms with van der Waals surface area (Å²) in [6.07, 6.45) is 2.46. The molecule has 2 unspecified atom stereocenters. The topological polar surface area (TPSA) is 55.6 Å². The molecule has 0 aromatic carbocycles. The van der Waals surface area contributed by atoms with E-state index >= 15 is 0 Å². The Morgan fingerprint density at radius 1 is 1.53 bits per heavy atom. The van der Waals surface area contributed by atoms with Crippen molar-refractivity contribution in [1.29, 1.82) is 0 Å². The van der Waals surface area contributed by atoms with Gasteiger partial charge in [0.2, 0.25) is 0 Å². The minimum atomic E-state index is 0.469. The molecule has 0 saturated heterocycles. The molecule has 5 heteroatoms. The Morgan fingerprint density at radius 2 is 2.33 bits per heavy atom. The van der Waals surface area contributed by atoms with Crippen LogP contribution in [0.5, 0.6) is 0 Å². The van der Waals surface area contributed by atoms with Gasteiger partial charge >= 0.3 is 0 Å². The summed E-state index contributed by atoms with van der Waals surface area (Å²) in [4.78, 5) is 0. The van der Waals surface area contributed by atoms with Crippen molar-refractivity contribution >= 4 is 0 Å². The number of nitrogens with one attached hydrogen (secondary N) is 1. The van der Waals surface area contributed by atoms with Crippen LogP contribution in [0, 0.1) is 5.92 Å². The molecule has 0 spiro atoms. The maximum absolute atomic E-state index is 4.07. The molecule has 1 heterocycles. The molecule has 1 fully saturated rings. The summed E-state index contributed by atoms with van der Waals surface area (Å²) in [6, 6.07) is 1.02. The van der Waals surface area contributed by atoms with Crippen LogP contribution >= 0.6 is 0 Å². The summed E-state index contributed by atoms with van der Waals surface area (Å²) < 4.78 is 1.99. The Bertz CT molecular complexity index is 319. The second-order valence-electron chi connectivity index (χ2n) is 4.55. The molecule has 1 N–H and O–H groups in total. The van der Waals surface area contributed by atoms with E-state index in [9.17, 15) is 0 Å². The van der Waals surface area contributed by atoms with E-state index in [0.29, 0.717) is 12.1 Å². The predicted molar refractivity (Wildman–Crippen MR) is 57.2 cm³/mol. The fraction of sp³-hybridized carbons (Fsp3) is 0.900. The lowest BCUT2D eigenvalue weighted by Crippen LogP contribution is -2.24. The van der Waals surface area contributed by atoms with Crippen molar-refractivity contribution in [2.45, 2.75) is 52.2 Å². The Balaban J connectivity index is 1.97. The van der Waals surface area contributed by atoms with Crippen molar-refractivity contribution < 1.29 is 0 Å². The van der Waals surface area contributed by atoms with E-state index in [-0.39, 0.29) is 0 Å². The number of tetrazole rings is 1. The highest BCUT2D eigenvalue weighted by Crippen LogP contribution is 2.45. The first-order valence-electron chi connectivity index (χ1n) is 5.72. The molecule has 5 nitrogen and oxygen atoms in total. The largest absolute Gasteiger partial charge is 0.308 e. The van der Waals surface area contributed by atoms with Crippen LogP contribution in [0.2, 0.25) is 0 Å². The second-order valence-corrected chi connectivity index (χ2v) is 4.55. The molecule has 1 aromatic rings. The van der Waals surface area contributed by atoms with Crippen LogP contribution in [0.15, 0.2) is 0 Å². The van der Waals surface area contributed by atoms with E-state index in [2.05, 4.69) is 41.6 Å². The fourth-order valence-corrected chi connectivity index (χ4v) is 1.85. The first-order chi connectivity index (χ1) is 7.22. The van der Waals surface area contributed by atoms with Crippen molar-refractivity contribution in [3.8, 4) is 0 Å². The maximum Gasteiger partial charge on any atom is 0.165 e. The van der Waals surface area contributed by atoms with Gasteiger partial charge in [0.25, 0.3) is 0 Å². The zero-order chi connectivity index (χ0) is 10.8. The van der Waals surface area contributed by atoms with Gasteiger partial charge in [0, 0.05) is 6.04 Å². The molecule has 2 atom stereocenters. The van der Waals surface area contributed by atoms with Crippen molar-refractivity contribution in [1.82, 2.24) is 25.5 Å². The van der Waals surface area contributed by atoms with Crippen LogP contribution in [0.4, 0.5) is 0 Å². The van der Waals surface area contributed by atoms with Crippen LogP contribution in [0.25, 0.3) is 0 Å². The van der Waals surface area contributed by atoms with Crippen LogP contribution < -0.4 is 5.32 Å². The van der Waals surface area contributed by atoms with E-state index in [1.807, 2.05) is 4.68 Å². The lowest BCUT2D eigenvalue weighted by molar-refractivity contribution is 0.503. The molecule has 0 amide bonds. The van der Waals surface area contributed by atoms with Gasteiger partial charge in [-0.2, -0.15) is 0 Å². The average Bonchev–Trinajstić information content (AvgIpc) is 2.85. The maximum atomic E-state index is 4.07. The van der Waals surface area contributed by atoms with Gasteiger partial charge in [-0.3, -0.25) is 0 Å². The molecular formula is C10H19N5. The normalized spacial score (nSPS) is 24.8. The van der Waals surface area contributed by atoms with Crippen LogP contribution in [-0.2, 0) is 6.54 Å². The quantitative estimate of drug-likeness (QED) is 0.790. The first-order valence-corrected chi connectivity index (χ1v) is 5.72. The predicted octanol–water partition coefficient (Wildman–Crippen LogP) is 1.14. The number of hydrogen-bond acceptors (Lipinski definition) is 4. The fourth-order valence-electron chi connectivity index (χ4n) is 1.85. The van der Waals surface area contributed by atoms with Crippen LogP contribution in [-0.4, -0.2) is 26.2 Å². The Labute approximate surface area is 90.2 Å². The summed E-state index contributed by atoms with van der Waals surface area (Å²) in [5.74, 6) is 1.75. The number of nitrogens with zero attached hydrogens (tertiary/aromatic N) is 4. The average molecular weight is 209 g/mol. The summed E-state index contributed by atoms with van der Waals surface area (Å²) in [7, 11) is 0. The molecule has 0 radical (unpaired) electrons. The van der Waals surface area contributed by atoms with E-state index in [0.717, 1.165) is 18.3 Å². The third kappa shape index (κ3) is 2.34. The third-order valence-electron chi connectivity index (χ3n) is 2.95. The van der Waals surface area contributed by atoms with Gasteiger partial charge in [0.1, 0.15) is 0 Å². The van der Waals surface area contributed by atoms with Gasteiger partial charge in [-0.1, -0.05) is 27.2 Å². The van der Waals surface area contributed by atoms with Gasteiger partial charge in [0.05, 0.1) is 12.6 Å². The molecule has 2 rings (SSSR count). The molecule has 1 aromatic heterocycles. The SMILES string of the molecule is CCC1CC1n1nnnc1CNC(C)C. The monoisotopic (exact) mass is 209 g/mol. The zero-order valence-electron chi connectivity index (χ0n) is 9.64. The molecule has 1 aliphatic carbocycles. The molecule has 84 valence electrons. The minimum absolute atomic E-state index is 0.469. The third-order valence-corrected chi connectivity index (χ3v) is 2.95. The van der Waals surface area contributed by atoms with E-state index in [4.69, 9.17) is 0 Å². The van der Waals surface area contributed by atoms with Crippen molar-refractivity contribution in [3.05, 3.63) is 5.82 Å². The van der Waals surface area contributed by atoms with Gasteiger partial charge in [-0.05, 0) is 22.8 Å². The lowest BCUT2D eigenvalue weighted by atomic mass is 10.3. The molecule has 0 aliphatic heterocycles. The highest BCUT2D eigenvalue weighted by Gasteiger charge is 2.39. The minimum Gasteiger partial charge on any atom is -0.308 e. The molecular weight excluding hydrogens is 190 g/mol. The number of aromatic nitrogens is 4. The van der Waals surface area contributed by atoms with Crippen molar-refractivity contribution in [2.24, 2.45) is 5.92 Å². The van der Waals surface area contributed by atoms with E-state index < -0.39 is 0 Å². The van der Waals surface area contributed by atoms with E-state index in [1.165, 1.54) is 12.8 Å². The standard InChI is InChI=1S/C10H19N5/c1-4-8-5-9(8)15-10(12-13-14-15)6-11-7(2)3/h7-9,11H,4-6H2,1-3H3. The van der Waals surface area contributed by atoms with Gasteiger partial charge in [0.15, 0.2) is 5.82 Å². The van der Waals surface area contributed by atoms with Gasteiger partial charge < -0.3 is 5.32 Å². The molecule has 1 aliphatic rings. The van der Waals surface area contributed by atoms with Crippen LogP contribution in [0.1, 0.15) is 45.5 Å². The Kier molecular flexibility index (Phi) is 3.00. The first kappa shape index (κ1) is 10.5. The number of hydrogen-bond donors (Lipinski definition) is 1. The highest BCUT2D eigenvalue weighted by molar-refractivity contribution is 4.95. The molecule has 1 saturated carbocycles. The summed E-state index contributed by atoms with van der Waals surface area (Å²) in [5, 5.41) is 15.2. The smallest absolute Gasteiger partial charge is 0.165 e. The lowest BCUT2D eigenvalue weighted by Gasteiger charge is -2.07.